The van der Waals surface area contributed by atoms with E-state index in [0.29, 0.717) is 6.04 Å². The second kappa shape index (κ2) is 4.67. The number of ether oxygens (including phenoxy) is 1. The zero-order valence-corrected chi connectivity index (χ0v) is 10.4. The zero-order valence-electron chi connectivity index (χ0n) is 10.4. The fourth-order valence-corrected chi connectivity index (χ4v) is 2.76. The largest absolute Gasteiger partial charge is 0.384 e. The average molecular weight is 232 g/mol. The fourth-order valence-electron chi connectivity index (χ4n) is 2.76. The number of benzene rings is 1. The first-order valence-corrected chi connectivity index (χ1v) is 6.51. The van der Waals surface area contributed by atoms with Crippen LogP contribution in [0.2, 0.25) is 0 Å². The van der Waals surface area contributed by atoms with Crippen LogP contribution in [0.1, 0.15) is 18.1 Å². The lowest BCUT2D eigenvalue weighted by atomic mass is 10.1. The van der Waals surface area contributed by atoms with Gasteiger partial charge >= 0.3 is 0 Å². The summed E-state index contributed by atoms with van der Waals surface area (Å²) in [5.74, 6) is 0. The van der Waals surface area contributed by atoms with Crippen LogP contribution in [0.15, 0.2) is 18.2 Å². The Balaban J connectivity index is 1.78. The van der Waals surface area contributed by atoms with Gasteiger partial charge in [-0.05, 0) is 24.5 Å². The Labute approximate surface area is 103 Å². The van der Waals surface area contributed by atoms with E-state index in [4.69, 9.17) is 4.74 Å². The molecule has 1 aromatic rings. The smallest absolute Gasteiger partial charge is 0.0619 e. The predicted molar refractivity (Wildman–Crippen MR) is 69.3 cm³/mol. The van der Waals surface area contributed by atoms with Crippen molar-refractivity contribution in [1.82, 2.24) is 4.90 Å². The minimum absolute atomic E-state index is 0.529. The van der Waals surface area contributed by atoms with E-state index < -0.39 is 0 Å². The Bertz CT molecular complexity index is 405. The van der Waals surface area contributed by atoms with Gasteiger partial charge in [0.25, 0.3) is 0 Å². The van der Waals surface area contributed by atoms with Gasteiger partial charge in [0.15, 0.2) is 0 Å². The van der Waals surface area contributed by atoms with E-state index in [0.717, 1.165) is 32.8 Å². The molecule has 1 fully saturated rings. The number of nitrogens with zero attached hydrogens (tertiary/aromatic N) is 1. The topological polar surface area (TPSA) is 24.5 Å². The van der Waals surface area contributed by atoms with Crippen molar-refractivity contribution in [3.63, 3.8) is 0 Å². The SMILES string of the molecule is CC1COCCN1Cc1cccc2c1NCC2. The number of hydrogen-bond donors (Lipinski definition) is 1. The van der Waals surface area contributed by atoms with Crippen LogP contribution in [-0.2, 0) is 17.7 Å². The van der Waals surface area contributed by atoms with Crippen molar-refractivity contribution in [2.24, 2.45) is 0 Å². The molecule has 3 heteroatoms. The third-order valence-corrected chi connectivity index (χ3v) is 3.81. The number of morpholine rings is 1. The Hall–Kier alpha value is -1.06. The van der Waals surface area contributed by atoms with E-state index in [1.165, 1.54) is 23.2 Å². The quantitative estimate of drug-likeness (QED) is 0.842. The summed E-state index contributed by atoms with van der Waals surface area (Å²) in [7, 11) is 0. The van der Waals surface area contributed by atoms with Crippen molar-refractivity contribution < 1.29 is 4.74 Å². The molecular formula is C14H20N2O. The molecule has 0 bridgehead atoms. The van der Waals surface area contributed by atoms with Crippen molar-refractivity contribution in [3.05, 3.63) is 29.3 Å². The molecule has 0 aromatic heterocycles. The highest BCUT2D eigenvalue weighted by Crippen LogP contribution is 2.28. The van der Waals surface area contributed by atoms with Gasteiger partial charge in [0.05, 0.1) is 13.2 Å². The molecule has 1 N–H and O–H groups in total. The van der Waals surface area contributed by atoms with Crippen molar-refractivity contribution in [2.45, 2.75) is 25.9 Å². The van der Waals surface area contributed by atoms with Crippen LogP contribution >= 0.6 is 0 Å². The highest BCUT2D eigenvalue weighted by molar-refractivity contribution is 5.61. The highest BCUT2D eigenvalue weighted by atomic mass is 16.5. The average Bonchev–Trinajstić information content (AvgIpc) is 2.81. The van der Waals surface area contributed by atoms with Crippen LogP contribution < -0.4 is 5.32 Å². The Morgan fingerprint density at radius 2 is 2.41 bits per heavy atom. The van der Waals surface area contributed by atoms with Crippen LogP contribution in [0.4, 0.5) is 5.69 Å². The summed E-state index contributed by atoms with van der Waals surface area (Å²) in [6.45, 7) is 7.15. The highest BCUT2D eigenvalue weighted by Gasteiger charge is 2.21. The summed E-state index contributed by atoms with van der Waals surface area (Å²) in [6.07, 6.45) is 1.17. The van der Waals surface area contributed by atoms with Crippen molar-refractivity contribution >= 4 is 5.69 Å². The van der Waals surface area contributed by atoms with Gasteiger partial charge in [-0.3, -0.25) is 4.90 Å². The fraction of sp³-hybridized carbons (Fsp3) is 0.571. The molecule has 0 aliphatic carbocycles. The zero-order chi connectivity index (χ0) is 11.7. The van der Waals surface area contributed by atoms with Crippen LogP contribution in [0.5, 0.6) is 0 Å². The van der Waals surface area contributed by atoms with Crippen LogP contribution in [0.3, 0.4) is 0 Å². The molecule has 1 aromatic carbocycles. The molecule has 3 nitrogen and oxygen atoms in total. The molecule has 0 radical (unpaired) electrons. The summed E-state index contributed by atoms with van der Waals surface area (Å²) in [4.78, 5) is 2.51. The van der Waals surface area contributed by atoms with E-state index in [1.54, 1.807) is 0 Å². The first kappa shape index (κ1) is 11.1. The van der Waals surface area contributed by atoms with Gasteiger partial charge in [0, 0.05) is 31.4 Å². The summed E-state index contributed by atoms with van der Waals surface area (Å²) in [5, 5.41) is 3.52. The number of para-hydroxylation sites is 1. The third-order valence-electron chi connectivity index (χ3n) is 3.81. The number of nitrogens with one attached hydrogen (secondary N) is 1. The van der Waals surface area contributed by atoms with Gasteiger partial charge in [0.2, 0.25) is 0 Å². The first-order chi connectivity index (χ1) is 8.34. The normalized spacial score (nSPS) is 24.4. The van der Waals surface area contributed by atoms with E-state index in [-0.39, 0.29) is 0 Å². The molecule has 0 amide bonds. The van der Waals surface area contributed by atoms with Gasteiger partial charge in [-0.25, -0.2) is 0 Å². The summed E-state index contributed by atoms with van der Waals surface area (Å²) >= 11 is 0. The van der Waals surface area contributed by atoms with Gasteiger partial charge in [0.1, 0.15) is 0 Å². The Morgan fingerprint density at radius 3 is 3.29 bits per heavy atom. The Kier molecular flexibility index (Phi) is 3.04. The molecular weight excluding hydrogens is 212 g/mol. The summed E-state index contributed by atoms with van der Waals surface area (Å²) in [5.41, 5.74) is 4.29. The standard InChI is InChI=1S/C14H20N2O/c1-11-10-17-8-7-16(11)9-13-4-2-3-12-5-6-15-14(12)13/h2-4,11,15H,5-10H2,1H3. The summed E-state index contributed by atoms with van der Waals surface area (Å²) in [6, 6.07) is 7.20. The molecule has 0 saturated carbocycles. The molecule has 1 atom stereocenters. The second-order valence-corrected chi connectivity index (χ2v) is 5.02. The number of anilines is 1. The Morgan fingerprint density at radius 1 is 1.47 bits per heavy atom. The van der Waals surface area contributed by atoms with Gasteiger partial charge in [-0.1, -0.05) is 18.2 Å². The van der Waals surface area contributed by atoms with E-state index in [9.17, 15) is 0 Å². The number of fused-ring (bicyclic) bond motifs is 1. The maximum atomic E-state index is 5.49. The maximum Gasteiger partial charge on any atom is 0.0619 e. The van der Waals surface area contributed by atoms with Crippen LogP contribution in [-0.4, -0.2) is 37.2 Å². The van der Waals surface area contributed by atoms with E-state index in [2.05, 4.69) is 35.3 Å². The first-order valence-electron chi connectivity index (χ1n) is 6.51. The predicted octanol–water partition coefficient (Wildman–Crippen LogP) is 1.88. The third kappa shape index (κ3) is 2.17. The molecule has 2 heterocycles. The summed E-state index contributed by atoms with van der Waals surface area (Å²) < 4.78 is 5.49. The molecule has 2 aliphatic heterocycles. The second-order valence-electron chi connectivity index (χ2n) is 5.02. The molecule has 1 unspecified atom stereocenters. The van der Waals surface area contributed by atoms with E-state index in [1.807, 2.05) is 0 Å². The minimum atomic E-state index is 0.529. The van der Waals surface area contributed by atoms with Crippen molar-refractivity contribution in [3.8, 4) is 0 Å². The lowest BCUT2D eigenvalue weighted by Gasteiger charge is -2.33. The maximum absolute atomic E-state index is 5.49. The number of rotatable bonds is 2. The monoisotopic (exact) mass is 232 g/mol. The molecule has 92 valence electrons. The molecule has 0 spiro atoms. The molecule has 2 aliphatic rings. The van der Waals surface area contributed by atoms with E-state index >= 15 is 0 Å². The van der Waals surface area contributed by atoms with Crippen molar-refractivity contribution in [2.75, 3.05) is 31.6 Å². The van der Waals surface area contributed by atoms with Gasteiger partial charge < -0.3 is 10.1 Å². The molecule has 1 saturated heterocycles. The molecule has 17 heavy (non-hydrogen) atoms. The lowest BCUT2D eigenvalue weighted by Crippen LogP contribution is -2.43. The van der Waals surface area contributed by atoms with Crippen LogP contribution in [0, 0.1) is 0 Å². The number of hydrogen-bond acceptors (Lipinski definition) is 3. The van der Waals surface area contributed by atoms with Gasteiger partial charge in [-0.2, -0.15) is 0 Å². The van der Waals surface area contributed by atoms with Gasteiger partial charge in [-0.15, -0.1) is 0 Å². The lowest BCUT2D eigenvalue weighted by molar-refractivity contribution is -0.00428. The minimum Gasteiger partial charge on any atom is -0.384 e. The molecule has 3 rings (SSSR count). The van der Waals surface area contributed by atoms with Crippen molar-refractivity contribution in [1.29, 1.82) is 0 Å². The van der Waals surface area contributed by atoms with Crippen LogP contribution in [0.25, 0.3) is 0 Å².